The molecular formula is C22H28N2O3. The summed E-state index contributed by atoms with van der Waals surface area (Å²) in [7, 11) is 1.61. The summed E-state index contributed by atoms with van der Waals surface area (Å²) in [6, 6.07) is 14.3. The number of amides is 2. The Kier molecular flexibility index (Phi) is 7.41. The van der Waals surface area contributed by atoms with Gasteiger partial charge in [0.05, 0.1) is 7.11 Å². The van der Waals surface area contributed by atoms with E-state index < -0.39 is 6.04 Å². The molecule has 0 saturated carbocycles. The topological polar surface area (TPSA) is 67.4 Å². The second kappa shape index (κ2) is 9.76. The van der Waals surface area contributed by atoms with Gasteiger partial charge >= 0.3 is 0 Å². The van der Waals surface area contributed by atoms with Crippen molar-refractivity contribution in [2.45, 2.75) is 39.8 Å². The van der Waals surface area contributed by atoms with Crippen molar-refractivity contribution in [3.05, 3.63) is 65.2 Å². The molecule has 0 saturated heterocycles. The average molecular weight is 368 g/mol. The Morgan fingerprint density at radius 3 is 2.48 bits per heavy atom. The molecule has 5 nitrogen and oxygen atoms in total. The third kappa shape index (κ3) is 6.13. The number of benzene rings is 2. The summed E-state index contributed by atoms with van der Waals surface area (Å²) in [5.41, 5.74) is 2.41. The highest BCUT2D eigenvalue weighted by molar-refractivity contribution is 5.98. The number of hydrogen-bond acceptors (Lipinski definition) is 3. The Morgan fingerprint density at radius 2 is 1.81 bits per heavy atom. The number of methoxy groups -OCH3 is 1. The van der Waals surface area contributed by atoms with Gasteiger partial charge in [-0.3, -0.25) is 9.59 Å². The van der Waals surface area contributed by atoms with Gasteiger partial charge in [0.1, 0.15) is 11.8 Å². The zero-order chi connectivity index (χ0) is 19.8. The summed E-state index contributed by atoms with van der Waals surface area (Å²) < 4.78 is 5.20. The van der Waals surface area contributed by atoms with E-state index in [1.165, 1.54) is 0 Å². The molecule has 0 radical (unpaired) electrons. The summed E-state index contributed by atoms with van der Waals surface area (Å²) in [6.07, 6.45) is 0.571. The molecule has 2 amide bonds. The van der Waals surface area contributed by atoms with E-state index in [0.29, 0.717) is 18.5 Å². The van der Waals surface area contributed by atoms with Gasteiger partial charge in [0.25, 0.3) is 5.91 Å². The molecule has 1 atom stereocenters. The molecule has 0 bridgehead atoms. The number of nitrogens with one attached hydrogen (secondary N) is 2. The van der Waals surface area contributed by atoms with Crippen molar-refractivity contribution in [2.75, 3.05) is 7.11 Å². The molecule has 27 heavy (non-hydrogen) atoms. The second-order valence-corrected chi connectivity index (χ2v) is 7.04. The maximum absolute atomic E-state index is 12.7. The molecule has 0 aliphatic carbocycles. The molecule has 0 heterocycles. The van der Waals surface area contributed by atoms with Crippen LogP contribution in [-0.2, 0) is 11.3 Å². The fourth-order valence-corrected chi connectivity index (χ4v) is 2.86. The number of carbonyl (C=O) groups excluding carboxylic acids is 2. The molecule has 0 spiro atoms. The number of hydrogen-bond donors (Lipinski definition) is 2. The number of rotatable bonds is 8. The first-order chi connectivity index (χ1) is 12.9. The lowest BCUT2D eigenvalue weighted by Gasteiger charge is -2.21. The summed E-state index contributed by atoms with van der Waals surface area (Å²) >= 11 is 0. The van der Waals surface area contributed by atoms with Gasteiger partial charge in [-0.2, -0.15) is 0 Å². The minimum absolute atomic E-state index is 0.187. The highest BCUT2D eigenvalue weighted by Gasteiger charge is 2.23. The number of aryl methyl sites for hydroxylation is 1. The largest absolute Gasteiger partial charge is 0.497 e. The third-order valence-electron chi connectivity index (χ3n) is 4.32. The molecule has 0 unspecified atom stereocenters. The molecule has 2 aromatic carbocycles. The molecule has 2 aromatic rings. The Morgan fingerprint density at radius 1 is 1.07 bits per heavy atom. The van der Waals surface area contributed by atoms with Crippen LogP contribution < -0.4 is 15.4 Å². The Bertz CT molecular complexity index is 787. The van der Waals surface area contributed by atoms with Gasteiger partial charge in [-0.1, -0.05) is 44.2 Å². The van der Waals surface area contributed by atoms with Crippen molar-refractivity contribution < 1.29 is 14.3 Å². The molecule has 2 N–H and O–H groups in total. The van der Waals surface area contributed by atoms with Crippen LogP contribution in [0.5, 0.6) is 5.75 Å². The van der Waals surface area contributed by atoms with Gasteiger partial charge in [-0.25, -0.2) is 0 Å². The molecule has 5 heteroatoms. The van der Waals surface area contributed by atoms with Crippen LogP contribution in [0.4, 0.5) is 0 Å². The van der Waals surface area contributed by atoms with Crippen LogP contribution in [0.1, 0.15) is 41.8 Å². The van der Waals surface area contributed by atoms with E-state index in [1.807, 2.05) is 63.2 Å². The lowest BCUT2D eigenvalue weighted by molar-refractivity contribution is -0.123. The SMILES string of the molecule is COc1cccc(CNC(=O)[C@H](CC(C)C)NC(=O)c2ccccc2C)c1. The molecule has 0 fully saturated rings. The van der Waals surface area contributed by atoms with E-state index in [2.05, 4.69) is 10.6 Å². The predicted octanol–water partition coefficient (Wildman–Crippen LogP) is 3.46. The Labute approximate surface area is 161 Å². The molecule has 0 aromatic heterocycles. The zero-order valence-electron chi connectivity index (χ0n) is 16.4. The number of carbonyl (C=O) groups is 2. The maximum Gasteiger partial charge on any atom is 0.252 e. The van der Waals surface area contributed by atoms with E-state index in [4.69, 9.17) is 4.74 Å². The highest BCUT2D eigenvalue weighted by Crippen LogP contribution is 2.13. The van der Waals surface area contributed by atoms with Crippen LogP contribution in [0.2, 0.25) is 0 Å². The smallest absolute Gasteiger partial charge is 0.252 e. The van der Waals surface area contributed by atoms with Gasteiger partial charge in [0, 0.05) is 12.1 Å². The van der Waals surface area contributed by atoms with E-state index in [0.717, 1.165) is 16.9 Å². The van der Waals surface area contributed by atoms with Crippen LogP contribution in [0.15, 0.2) is 48.5 Å². The fraction of sp³-hybridized carbons (Fsp3) is 0.364. The fourth-order valence-electron chi connectivity index (χ4n) is 2.86. The van der Waals surface area contributed by atoms with Crippen LogP contribution >= 0.6 is 0 Å². The quantitative estimate of drug-likeness (QED) is 0.750. The molecule has 0 aliphatic heterocycles. The molecular weight excluding hydrogens is 340 g/mol. The summed E-state index contributed by atoms with van der Waals surface area (Å²) in [6.45, 7) is 6.32. The van der Waals surface area contributed by atoms with E-state index in [9.17, 15) is 9.59 Å². The van der Waals surface area contributed by atoms with Crippen molar-refractivity contribution >= 4 is 11.8 Å². The van der Waals surface area contributed by atoms with Crippen LogP contribution in [0.25, 0.3) is 0 Å². The van der Waals surface area contributed by atoms with E-state index in [-0.39, 0.29) is 17.7 Å². The van der Waals surface area contributed by atoms with Crippen LogP contribution in [-0.4, -0.2) is 25.0 Å². The average Bonchev–Trinajstić information content (AvgIpc) is 2.65. The monoisotopic (exact) mass is 368 g/mol. The van der Waals surface area contributed by atoms with Crippen molar-refractivity contribution in [3.63, 3.8) is 0 Å². The van der Waals surface area contributed by atoms with Crippen molar-refractivity contribution in [1.82, 2.24) is 10.6 Å². The Balaban J connectivity index is 2.04. The summed E-state index contributed by atoms with van der Waals surface area (Å²) in [5.74, 6) is 0.604. The standard InChI is InChI=1S/C22H28N2O3/c1-15(2)12-20(24-21(25)19-11-6-5-8-16(19)3)22(26)23-14-17-9-7-10-18(13-17)27-4/h5-11,13,15,20H,12,14H2,1-4H3,(H,23,26)(H,24,25)/t20-/m0/s1. The predicted molar refractivity (Wildman–Crippen MR) is 107 cm³/mol. The first-order valence-electron chi connectivity index (χ1n) is 9.17. The second-order valence-electron chi connectivity index (χ2n) is 7.04. The first kappa shape index (κ1) is 20.5. The van der Waals surface area contributed by atoms with Crippen molar-refractivity contribution in [2.24, 2.45) is 5.92 Å². The summed E-state index contributed by atoms with van der Waals surface area (Å²) in [5, 5.41) is 5.81. The molecule has 2 rings (SSSR count). The number of ether oxygens (including phenoxy) is 1. The van der Waals surface area contributed by atoms with Crippen LogP contribution in [0, 0.1) is 12.8 Å². The van der Waals surface area contributed by atoms with Gasteiger partial charge in [0.15, 0.2) is 0 Å². The minimum Gasteiger partial charge on any atom is -0.497 e. The first-order valence-corrected chi connectivity index (χ1v) is 9.17. The lowest BCUT2D eigenvalue weighted by Crippen LogP contribution is -2.47. The van der Waals surface area contributed by atoms with E-state index in [1.54, 1.807) is 13.2 Å². The van der Waals surface area contributed by atoms with Gasteiger partial charge in [-0.15, -0.1) is 0 Å². The third-order valence-corrected chi connectivity index (χ3v) is 4.32. The highest BCUT2D eigenvalue weighted by atomic mass is 16.5. The van der Waals surface area contributed by atoms with Crippen molar-refractivity contribution in [1.29, 1.82) is 0 Å². The molecule has 0 aliphatic rings. The normalized spacial score (nSPS) is 11.7. The Hall–Kier alpha value is -2.82. The van der Waals surface area contributed by atoms with Crippen LogP contribution in [0.3, 0.4) is 0 Å². The maximum atomic E-state index is 12.7. The van der Waals surface area contributed by atoms with Gasteiger partial charge in [0.2, 0.25) is 5.91 Å². The van der Waals surface area contributed by atoms with Gasteiger partial charge < -0.3 is 15.4 Å². The summed E-state index contributed by atoms with van der Waals surface area (Å²) in [4.78, 5) is 25.3. The zero-order valence-corrected chi connectivity index (χ0v) is 16.4. The van der Waals surface area contributed by atoms with Gasteiger partial charge in [-0.05, 0) is 48.6 Å². The van der Waals surface area contributed by atoms with Crippen molar-refractivity contribution in [3.8, 4) is 5.75 Å². The van der Waals surface area contributed by atoms with E-state index >= 15 is 0 Å². The lowest BCUT2D eigenvalue weighted by atomic mass is 10.0. The minimum atomic E-state index is -0.581. The molecule has 144 valence electrons.